The van der Waals surface area contributed by atoms with E-state index in [1.165, 1.54) is 48.5 Å². The monoisotopic (exact) mass is 536 g/mol. The van der Waals surface area contributed by atoms with Gasteiger partial charge in [-0.15, -0.1) is 0 Å². The molecule has 0 heterocycles. The van der Waals surface area contributed by atoms with E-state index >= 15 is 0 Å². The molecule has 0 aliphatic rings. The number of aromatic hydroxyl groups is 2. The molecule has 0 atom stereocenters. The van der Waals surface area contributed by atoms with Crippen LogP contribution in [0.2, 0.25) is 0 Å². The number of benzene rings is 4. The average molecular weight is 536 g/mol. The molecule has 38 heavy (non-hydrogen) atoms. The molecule has 0 saturated carbocycles. The maximum atomic E-state index is 14.1. The van der Waals surface area contributed by atoms with Crippen molar-refractivity contribution in [1.29, 1.82) is 0 Å². The van der Waals surface area contributed by atoms with Crippen LogP contribution in [-0.4, -0.2) is 10.2 Å². The summed E-state index contributed by atoms with van der Waals surface area (Å²) in [4.78, 5) is 0. The third kappa shape index (κ3) is 5.33. The molecule has 0 radical (unpaired) electrons. The van der Waals surface area contributed by atoms with E-state index in [-0.39, 0.29) is 11.5 Å². The van der Waals surface area contributed by atoms with Crippen LogP contribution in [0.4, 0.5) is 37.7 Å². The number of rotatable bonds is 5. The first-order chi connectivity index (χ1) is 17.8. The number of phenolic OH excluding ortho intramolecular Hbond substituents is 2. The first-order valence-corrected chi connectivity index (χ1v) is 10.7. The Kier molecular flexibility index (Phi) is 6.66. The zero-order chi connectivity index (χ0) is 27.8. The van der Waals surface area contributed by atoms with Gasteiger partial charge in [0.25, 0.3) is 0 Å². The molecule has 0 aliphatic heterocycles. The lowest BCUT2D eigenvalue weighted by Gasteiger charge is -2.21. The van der Waals surface area contributed by atoms with Gasteiger partial charge >= 0.3 is 12.4 Å². The number of ether oxygens (including phenoxy) is 2. The van der Waals surface area contributed by atoms with Gasteiger partial charge in [0.05, 0.1) is 0 Å². The fourth-order valence-corrected chi connectivity index (χ4v) is 3.66. The second-order valence-corrected chi connectivity index (χ2v) is 8.01. The molecule has 198 valence electrons. The highest BCUT2D eigenvalue weighted by molar-refractivity contribution is 5.79. The van der Waals surface area contributed by atoms with Gasteiger partial charge < -0.3 is 31.2 Å². The third-order valence-corrected chi connectivity index (χ3v) is 5.35. The standard InChI is InChI=1S/C26H18F6N2O4/c27-25(28,29)21-17(9-11-19(23(21)35)37-15-5-1-13(33)2-6-15)18-10-12-20(24(36)22(18)26(30,31)32)38-16-7-3-14(34)4-8-16/h1-12,35-36H,33-34H2. The summed E-state index contributed by atoms with van der Waals surface area (Å²) in [6.45, 7) is 0. The van der Waals surface area contributed by atoms with Crippen molar-refractivity contribution >= 4 is 11.4 Å². The van der Waals surface area contributed by atoms with Crippen molar-refractivity contribution in [3.63, 3.8) is 0 Å². The number of anilines is 2. The number of alkyl halides is 6. The second-order valence-electron chi connectivity index (χ2n) is 8.01. The topological polar surface area (TPSA) is 111 Å². The van der Waals surface area contributed by atoms with E-state index in [9.17, 15) is 36.6 Å². The zero-order valence-electron chi connectivity index (χ0n) is 19.1. The normalized spacial score (nSPS) is 11.8. The molecule has 0 aromatic heterocycles. The van der Waals surface area contributed by atoms with Gasteiger partial charge in [-0.2, -0.15) is 26.3 Å². The van der Waals surface area contributed by atoms with Crippen LogP contribution in [0.15, 0.2) is 72.8 Å². The van der Waals surface area contributed by atoms with Gasteiger partial charge in [-0.1, -0.05) is 0 Å². The lowest BCUT2D eigenvalue weighted by Crippen LogP contribution is -2.12. The van der Waals surface area contributed by atoms with E-state index < -0.39 is 57.6 Å². The Bertz CT molecular complexity index is 1360. The van der Waals surface area contributed by atoms with Crippen molar-refractivity contribution < 1.29 is 46.0 Å². The Labute approximate surface area is 211 Å². The molecule has 0 aliphatic carbocycles. The molecule has 6 N–H and O–H groups in total. The fraction of sp³-hybridized carbons (Fsp3) is 0.0769. The Morgan fingerprint density at radius 3 is 1.11 bits per heavy atom. The number of halogens is 6. The molecular formula is C26H18F6N2O4. The summed E-state index contributed by atoms with van der Waals surface area (Å²) in [6, 6.07) is 14.1. The number of phenols is 2. The Balaban J connectivity index is 1.86. The van der Waals surface area contributed by atoms with E-state index in [1.807, 2.05) is 0 Å². The summed E-state index contributed by atoms with van der Waals surface area (Å²) in [5.41, 5.74) is 6.14. The van der Waals surface area contributed by atoms with E-state index in [1.54, 1.807) is 0 Å². The first kappa shape index (κ1) is 26.3. The summed E-state index contributed by atoms with van der Waals surface area (Å²) >= 11 is 0. The van der Waals surface area contributed by atoms with Gasteiger partial charge in [0.2, 0.25) is 0 Å². The van der Waals surface area contributed by atoms with Gasteiger partial charge in [0.15, 0.2) is 23.0 Å². The molecule has 0 unspecified atom stereocenters. The molecule has 4 aromatic carbocycles. The zero-order valence-corrected chi connectivity index (χ0v) is 19.1. The molecule has 0 spiro atoms. The minimum Gasteiger partial charge on any atom is -0.504 e. The van der Waals surface area contributed by atoms with Crippen LogP contribution in [0.5, 0.6) is 34.5 Å². The molecule has 12 heteroatoms. The summed E-state index contributed by atoms with van der Waals surface area (Å²) in [7, 11) is 0. The lowest BCUT2D eigenvalue weighted by atomic mass is 9.92. The maximum absolute atomic E-state index is 14.1. The minimum atomic E-state index is -5.31. The average Bonchev–Trinajstić information content (AvgIpc) is 2.82. The number of nitrogens with two attached hydrogens (primary N) is 2. The summed E-state index contributed by atoms with van der Waals surface area (Å²) in [5, 5.41) is 20.9. The minimum absolute atomic E-state index is 0.0215. The fourth-order valence-electron chi connectivity index (χ4n) is 3.66. The molecular weight excluding hydrogens is 518 g/mol. The maximum Gasteiger partial charge on any atom is 0.420 e. The number of nitrogen functional groups attached to an aromatic ring is 2. The largest absolute Gasteiger partial charge is 0.504 e. The molecule has 4 rings (SSSR count). The number of hydrogen-bond acceptors (Lipinski definition) is 6. The van der Waals surface area contributed by atoms with Crippen LogP contribution >= 0.6 is 0 Å². The first-order valence-electron chi connectivity index (χ1n) is 10.7. The Morgan fingerprint density at radius 2 is 0.816 bits per heavy atom. The van der Waals surface area contributed by atoms with Crippen LogP contribution in [0, 0.1) is 0 Å². The van der Waals surface area contributed by atoms with Crippen molar-refractivity contribution in [2.45, 2.75) is 12.4 Å². The van der Waals surface area contributed by atoms with Crippen LogP contribution in [-0.2, 0) is 12.4 Å². The van der Waals surface area contributed by atoms with E-state index in [4.69, 9.17) is 20.9 Å². The summed E-state index contributed by atoms with van der Waals surface area (Å²) in [5.74, 6) is -4.16. The van der Waals surface area contributed by atoms with Gasteiger partial charge in [0.1, 0.15) is 22.6 Å². The molecule has 0 bridgehead atoms. The van der Waals surface area contributed by atoms with Crippen LogP contribution in [0.25, 0.3) is 11.1 Å². The van der Waals surface area contributed by atoms with Crippen LogP contribution in [0.3, 0.4) is 0 Å². The molecule has 0 amide bonds. The predicted molar refractivity (Wildman–Crippen MR) is 127 cm³/mol. The van der Waals surface area contributed by atoms with E-state index in [2.05, 4.69) is 0 Å². The second kappa shape index (κ2) is 9.61. The van der Waals surface area contributed by atoms with Gasteiger partial charge in [0, 0.05) is 11.4 Å². The molecule has 0 saturated heterocycles. The molecule has 6 nitrogen and oxygen atoms in total. The van der Waals surface area contributed by atoms with Crippen molar-refractivity contribution in [3.05, 3.63) is 83.9 Å². The van der Waals surface area contributed by atoms with Crippen LogP contribution in [0.1, 0.15) is 11.1 Å². The van der Waals surface area contributed by atoms with Crippen molar-refractivity contribution in [1.82, 2.24) is 0 Å². The number of hydrogen-bond donors (Lipinski definition) is 4. The lowest BCUT2D eigenvalue weighted by molar-refractivity contribution is -0.140. The highest BCUT2D eigenvalue weighted by Gasteiger charge is 2.43. The predicted octanol–water partition coefficient (Wildman–Crippen LogP) is 7.55. The summed E-state index contributed by atoms with van der Waals surface area (Å²) in [6.07, 6.45) is -10.6. The van der Waals surface area contributed by atoms with Crippen LogP contribution < -0.4 is 20.9 Å². The summed E-state index contributed by atoms with van der Waals surface area (Å²) < 4.78 is 95.1. The van der Waals surface area contributed by atoms with Gasteiger partial charge in [-0.05, 0) is 83.9 Å². The molecule has 0 fully saturated rings. The quantitative estimate of drug-likeness (QED) is 0.155. The van der Waals surface area contributed by atoms with E-state index in [0.29, 0.717) is 23.5 Å². The Morgan fingerprint density at radius 1 is 0.500 bits per heavy atom. The Hall–Kier alpha value is -4.74. The van der Waals surface area contributed by atoms with Crippen molar-refractivity contribution in [3.8, 4) is 45.6 Å². The third-order valence-electron chi connectivity index (χ3n) is 5.35. The SMILES string of the molecule is Nc1ccc(Oc2ccc(-c3ccc(Oc4ccc(N)cc4)c(O)c3C(F)(F)F)c(C(F)(F)F)c2O)cc1. The smallest absolute Gasteiger partial charge is 0.420 e. The van der Waals surface area contributed by atoms with Gasteiger partial charge in [-0.25, -0.2) is 0 Å². The van der Waals surface area contributed by atoms with Gasteiger partial charge in [-0.3, -0.25) is 0 Å². The van der Waals surface area contributed by atoms with E-state index in [0.717, 1.165) is 12.1 Å². The molecule has 4 aromatic rings. The highest BCUT2D eigenvalue weighted by atomic mass is 19.4. The van der Waals surface area contributed by atoms with Crippen molar-refractivity contribution in [2.24, 2.45) is 0 Å². The van der Waals surface area contributed by atoms with Crippen molar-refractivity contribution in [2.75, 3.05) is 11.5 Å². The highest BCUT2D eigenvalue weighted by Crippen LogP contribution is 2.53.